The van der Waals surface area contributed by atoms with Gasteiger partial charge in [0.25, 0.3) is 0 Å². The van der Waals surface area contributed by atoms with Crippen LogP contribution in [0.4, 0.5) is 0 Å². The van der Waals surface area contributed by atoms with Crippen molar-refractivity contribution in [3.63, 3.8) is 0 Å². The lowest BCUT2D eigenvalue weighted by Crippen LogP contribution is -2.32. The third-order valence-corrected chi connectivity index (χ3v) is 6.30. The van der Waals surface area contributed by atoms with E-state index >= 15 is 0 Å². The Hall–Kier alpha value is -0.910. The summed E-state index contributed by atoms with van der Waals surface area (Å²) in [6, 6.07) is 7.27. The summed E-state index contributed by atoms with van der Waals surface area (Å²) in [6.45, 7) is 8.36. The Labute approximate surface area is 128 Å². The fourth-order valence-corrected chi connectivity index (χ4v) is 4.61. The van der Waals surface area contributed by atoms with Gasteiger partial charge in [0.05, 0.1) is 4.90 Å². The van der Waals surface area contributed by atoms with Crippen molar-refractivity contribution in [3.05, 3.63) is 29.8 Å². The molecular formula is C16H26N2O2S. The van der Waals surface area contributed by atoms with Crippen LogP contribution in [0.1, 0.15) is 32.8 Å². The summed E-state index contributed by atoms with van der Waals surface area (Å²) >= 11 is 0. The maximum absolute atomic E-state index is 12.9. The summed E-state index contributed by atoms with van der Waals surface area (Å²) < 4.78 is 27.5. The van der Waals surface area contributed by atoms with Crippen molar-refractivity contribution in [1.82, 2.24) is 9.62 Å². The van der Waals surface area contributed by atoms with E-state index in [1.54, 1.807) is 16.4 Å². The number of hydrogen-bond acceptors (Lipinski definition) is 3. The van der Waals surface area contributed by atoms with Gasteiger partial charge in [-0.2, -0.15) is 4.31 Å². The number of nitrogens with one attached hydrogen (secondary N) is 1. The van der Waals surface area contributed by atoms with Crippen LogP contribution in [-0.4, -0.2) is 32.9 Å². The zero-order valence-corrected chi connectivity index (χ0v) is 14.2. The molecule has 1 saturated heterocycles. The average molecular weight is 310 g/mol. The van der Waals surface area contributed by atoms with Crippen LogP contribution in [0.2, 0.25) is 0 Å². The van der Waals surface area contributed by atoms with E-state index < -0.39 is 10.0 Å². The first kappa shape index (κ1) is 16.5. The van der Waals surface area contributed by atoms with E-state index in [0.29, 0.717) is 30.4 Å². The van der Waals surface area contributed by atoms with Gasteiger partial charge in [-0.05, 0) is 36.4 Å². The minimum Gasteiger partial charge on any atom is -0.316 e. The summed E-state index contributed by atoms with van der Waals surface area (Å²) in [4.78, 5) is 0.439. The highest BCUT2D eigenvalue weighted by Gasteiger charge is 2.38. The van der Waals surface area contributed by atoms with Crippen LogP contribution < -0.4 is 5.32 Å². The summed E-state index contributed by atoms with van der Waals surface area (Å²) in [7, 11) is -1.56. The van der Waals surface area contributed by atoms with Crippen LogP contribution >= 0.6 is 0 Å². The van der Waals surface area contributed by atoms with Crippen LogP contribution in [-0.2, 0) is 16.6 Å². The van der Waals surface area contributed by atoms with E-state index in [0.717, 1.165) is 12.0 Å². The fraction of sp³-hybridized carbons (Fsp3) is 0.625. The number of sulfonamides is 1. The molecule has 1 aliphatic heterocycles. The van der Waals surface area contributed by atoms with Gasteiger partial charge in [-0.25, -0.2) is 8.42 Å². The normalized spacial score (nSPS) is 20.9. The molecule has 0 aliphatic carbocycles. The molecule has 1 heterocycles. The van der Waals surface area contributed by atoms with Crippen molar-refractivity contribution in [2.75, 3.05) is 20.1 Å². The minimum absolute atomic E-state index is 0.148. The van der Waals surface area contributed by atoms with E-state index in [-0.39, 0.29) is 5.41 Å². The van der Waals surface area contributed by atoms with E-state index in [9.17, 15) is 8.42 Å². The van der Waals surface area contributed by atoms with Crippen molar-refractivity contribution in [2.24, 2.45) is 11.3 Å². The predicted octanol–water partition coefficient (Wildman–Crippen LogP) is 2.46. The van der Waals surface area contributed by atoms with Crippen LogP contribution in [0, 0.1) is 11.3 Å². The lowest BCUT2D eigenvalue weighted by atomic mass is 9.80. The lowest BCUT2D eigenvalue weighted by Gasteiger charge is -2.27. The first-order chi connectivity index (χ1) is 9.76. The van der Waals surface area contributed by atoms with Crippen LogP contribution in [0.3, 0.4) is 0 Å². The van der Waals surface area contributed by atoms with Gasteiger partial charge in [-0.1, -0.05) is 39.0 Å². The van der Waals surface area contributed by atoms with Crippen molar-refractivity contribution >= 4 is 10.0 Å². The molecule has 0 radical (unpaired) electrons. The highest BCUT2D eigenvalue weighted by atomic mass is 32.2. The van der Waals surface area contributed by atoms with Gasteiger partial charge in [0, 0.05) is 19.6 Å². The van der Waals surface area contributed by atoms with Gasteiger partial charge in [-0.15, -0.1) is 0 Å². The summed E-state index contributed by atoms with van der Waals surface area (Å²) in [6.07, 6.45) is 0.941. The van der Waals surface area contributed by atoms with Gasteiger partial charge in [0.2, 0.25) is 10.0 Å². The molecule has 5 heteroatoms. The molecule has 1 unspecified atom stereocenters. The molecule has 1 aromatic carbocycles. The van der Waals surface area contributed by atoms with Gasteiger partial charge in [-0.3, -0.25) is 0 Å². The number of hydrogen-bond donors (Lipinski definition) is 1. The van der Waals surface area contributed by atoms with E-state index in [1.165, 1.54) is 0 Å². The van der Waals surface area contributed by atoms with E-state index in [4.69, 9.17) is 0 Å². The molecule has 4 nitrogen and oxygen atoms in total. The zero-order chi connectivity index (χ0) is 15.7. The third kappa shape index (κ3) is 3.47. The Balaban J connectivity index is 2.28. The molecule has 1 aliphatic rings. The lowest BCUT2D eigenvalue weighted by molar-refractivity contribution is 0.252. The highest BCUT2D eigenvalue weighted by molar-refractivity contribution is 7.89. The highest BCUT2D eigenvalue weighted by Crippen LogP contribution is 2.36. The average Bonchev–Trinajstić information content (AvgIpc) is 2.90. The Morgan fingerprint density at radius 3 is 2.52 bits per heavy atom. The SMILES string of the molecule is CNCc1ccccc1S(=O)(=O)N1CCC(C(C)(C)C)C1. The third-order valence-electron chi connectivity index (χ3n) is 4.33. The van der Waals surface area contributed by atoms with E-state index in [1.807, 2.05) is 19.2 Å². The van der Waals surface area contributed by atoms with Crippen LogP contribution in [0.25, 0.3) is 0 Å². The molecule has 0 amide bonds. The molecule has 0 spiro atoms. The summed E-state index contributed by atoms with van der Waals surface area (Å²) in [5, 5.41) is 3.04. The first-order valence-corrected chi connectivity index (χ1v) is 8.93. The van der Waals surface area contributed by atoms with Crippen LogP contribution in [0.5, 0.6) is 0 Å². The van der Waals surface area contributed by atoms with Gasteiger partial charge < -0.3 is 5.32 Å². The van der Waals surface area contributed by atoms with Crippen molar-refractivity contribution in [2.45, 2.75) is 38.6 Å². The van der Waals surface area contributed by atoms with Crippen molar-refractivity contribution in [3.8, 4) is 0 Å². The molecule has 1 aromatic rings. The monoisotopic (exact) mass is 310 g/mol. The standard InChI is InChI=1S/C16H26N2O2S/c1-16(2,3)14-9-10-18(12-14)21(19,20)15-8-6-5-7-13(15)11-17-4/h5-8,14,17H,9-12H2,1-4H3. The topological polar surface area (TPSA) is 49.4 Å². The minimum atomic E-state index is -3.39. The fourth-order valence-electron chi connectivity index (χ4n) is 2.88. The van der Waals surface area contributed by atoms with Crippen molar-refractivity contribution < 1.29 is 8.42 Å². The van der Waals surface area contributed by atoms with Gasteiger partial charge in [0.15, 0.2) is 0 Å². The quantitative estimate of drug-likeness (QED) is 0.929. The predicted molar refractivity (Wildman–Crippen MR) is 85.5 cm³/mol. The first-order valence-electron chi connectivity index (χ1n) is 7.49. The number of rotatable bonds is 4. The Morgan fingerprint density at radius 2 is 1.95 bits per heavy atom. The number of benzene rings is 1. The van der Waals surface area contributed by atoms with Gasteiger partial charge in [0.1, 0.15) is 0 Å². The Bertz CT molecular complexity index is 591. The molecule has 1 atom stereocenters. The zero-order valence-electron chi connectivity index (χ0n) is 13.4. The molecule has 2 rings (SSSR count). The Morgan fingerprint density at radius 1 is 1.29 bits per heavy atom. The molecule has 118 valence electrons. The smallest absolute Gasteiger partial charge is 0.243 e. The molecule has 21 heavy (non-hydrogen) atoms. The molecule has 1 N–H and O–H groups in total. The van der Waals surface area contributed by atoms with Crippen molar-refractivity contribution in [1.29, 1.82) is 0 Å². The largest absolute Gasteiger partial charge is 0.316 e. The second kappa shape index (κ2) is 6.07. The van der Waals surface area contributed by atoms with Gasteiger partial charge >= 0.3 is 0 Å². The molecule has 0 aromatic heterocycles. The number of nitrogens with zero attached hydrogens (tertiary/aromatic N) is 1. The molecule has 0 bridgehead atoms. The summed E-state index contributed by atoms with van der Waals surface area (Å²) in [5.41, 5.74) is 0.980. The molecule has 1 fully saturated rings. The maximum atomic E-state index is 12.9. The van der Waals surface area contributed by atoms with Crippen LogP contribution in [0.15, 0.2) is 29.2 Å². The second-order valence-corrected chi connectivity index (χ2v) is 8.76. The van der Waals surface area contributed by atoms with E-state index in [2.05, 4.69) is 26.1 Å². The second-order valence-electron chi connectivity index (χ2n) is 6.85. The summed E-state index contributed by atoms with van der Waals surface area (Å²) in [5.74, 6) is 0.420. The maximum Gasteiger partial charge on any atom is 0.243 e. The molecule has 0 saturated carbocycles. The molecular weight excluding hydrogens is 284 g/mol. The Kier molecular flexibility index (Phi) is 4.76.